The van der Waals surface area contributed by atoms with E-state index < -0.39 is 0 Å². The Morgan fingerprint density at radius 3 is 2.59 bits per heavy atom. The lowest BCUT2D eigenvalue weighted by molar-refractivity contribution is 0.102. The smallest absolute Gasteiger partial charge is 0.257 e. The number of hydrogen-bond donors (Lipinski definition) is 1. The van der Waals surface area contributed by atoms with Gasteiger partial charge >= 0.3 is 0 Å². The van der Waals surface area contributed by atoms with Gasteiger partial charge in [-0.3, -0.25) is 9.78 Å². The van der Waals surface area contributed by atoms with E-state index in [4.69, 9.17) is 4.74 Å². The minimum absolute atomic E-state index is 0.216. The summed E-state index contributed by atoms with van der Waals surface area (Å²) in [6, 6.07) is 6.73. The molecule has 0 fully saturated rings. The van der Waals surface area contributed by atoms with Crippen molar-refractivity contribution in [3.8, 4) is 5.88 Å². The standard InChI is InChI=1S/C12H11N3O2/c1-17-11-3-2-9(8-14-11)12(16)15-10-4-6-13-7-5-10/h2-8H,1H3,(H,13,15,16). The van der Waals surface area contributed by atoms with E-state index in [-0.39, 0.29) is 5.91 Å². The van der Waals surface area contributed by atoms with Crippen LogP contribution in [0.15, 0.2) is 42.9 Å². The number of pyridine rings is 2. The van der Waals surface area contributed by atoms with E-state index in [0.29, 0.717) is 17.1 Å². The zero-order valence-electron chi connectivity index (χ0n) is 9.25. The Morgan fingerprint density at radius 1 is 1.24 bits per heavy atom. The molecule has 2 aromatic heterocycles. The van der Waals surface area contributed by atoms with Crippen molar-refractivity contribution in [1.82, 2.24) is 9.97 Å². The monoisotopic (exact) mass is 229 g/mol. The van der Waals surface area contributed by atoms with E-state index in [2.05, 4.69) is 15.3 Å². The van der Waals surface area contributed by atoms with Crippen LogP contribution in [-0.4, -0.2) is 23.0 Å². The van der Waals surface area contributed by atoms with Gasteiger partial charge in [-0.2, -0.15) is 0 Å². The summed E-state index contributed by atoms with van der Waals surface area (Å²) in [7, 11) is 1.53. The highest BCUT2D eigenvalue weighted by Crippen LogP contribution is 2.09. The van der Waals surface area contributed by atoms with Crippen LogP contribution in [0.1, 0.15) is 10.4 Å². The highest BCUT2D eigenvalue weighted by atomic mass is 16.5. The maximum absolute atomic E-state index is 11.8. The van der Waals surface area contributed by atoms with Crippen LogP contribution in [0.25, 0.3) is 0 Å². The Kier molecular flexibility index (Phi) is 3.30. The maximum Gasteiger partial charge on any atom is 0.257 e. The number of hydrogen-bond acceptors (Lipinski definition) is 4. The third-order valence-electron chi connectivity index (χ3n) is 2.15. The molecule has 0 spiro atoms. The molecule has 1 N–H and O–H groups in total. The Morgan fingerprint density at radius 2 is 2.00 bits per heavy atom. The van der Waals surface area contributed by atoms with Gasteiger partial charge in [0.2, 0.25) is 5.88 Å². The predicted molar refractivity (Wildman–Crippen MR) is 63.0 cm³/mol. The molecule has 5 nitrogen and oxygen atoms in total. The summed E-state index contributed by atoms with van der Waals surface area (Å²) in [4.78, 5) is 19.6. The third-order valence-corrected chi connectivity index (χ3v) is 2.15. The molecule has 2 rings (SSSR count). The van der Waals surface area contributed by atoms with Crippen LogP contribution in [0.5, 0.6) is 5.88 Å². The molecule has 0 saturated carbocycles. The molecule has 5 heteroatoms. The molecule has 86 valence electrons. The number of rotatable bonds is 3. The van der Waals surface area contributed by atoms with Gasteiger partial charge in [-0.05, 0) is 18.2 Å². The summed E-state index contributed by atoms with van der Waals surface area (Å²) >= 11 is 0. The van der Waals surface area contributed by atoms with Gasteiger partial charge in [-0.15, -0.1) is 0 Å². The van der Waals surface area contributed by atoms with Crippen LogP contribution < -0.4 is 10.1 Å². The normalized spacial score (nSPS) is 9.71. The molecule has 0 aliphatic heterocycles. The first-order valence-electron chi connectivity index (χ1n) is 5.01. The number of aromatic nitrogens is 2. The number of carbonyl (C=O) groups is 1. The molecule has 2 heterocycles. The van der Waals surface area contributed by atoms with Crippen LogP contribution in [0.4, 0.5) is 5.69 Å². The number of methoxy groups -OCH3 is 1. The van der Waals surface area contributed by atoms with Crippen molar-refractivity contribution in [2.45, 2.75) is 0 Å². The van der Waals surface area contributed by atoms with Crippen LogP contribution in [0.2, 0.25) is 0 Å². The number of amides is 1. The van der Waals surface area contributed by atoms with Crippen molar-refractivity contribution in [2.75, 3.05) is 12.4 Å². The molecule has 2 aromatic rings. The maximum atomic E-state index is 11.8. The van der Waals surface area contributed by atoms with Crippen molar-refractivity contribution in [1.29, 1.82) is 0 Å². The molecule has 0 aromatic carbocycles. The fraction of sp³-hybridized carbons (Fsp3) is 0.0833. The van der Waals surface area contributed by atoms with Crippen molar-refractivity contribution in [2.24, 2.45) is 0 Å². The van der Waals surface area contributed by atoms with E-state index in [9.17, 15) is 4.79 Å². The molecule has 0 aliphatic carbocycles. The highest BCUT2D eigenvalue weighted by Gasteiger charge is 2.06. The largest absolute Gasteiger partial charge is 0.481 e. The van der Waals surface area contributed by atoms with Gasteiger partial charge in [0, 0.05) is 30.3 Å². The average Bonchev–Trinajstić information content (AvgIpc) is 2.40. The summed E-state index contributed by atoms with van der Waals surface area (Å²) < 4.78 is 4.92. The van der Waals surface area contributed by atoms with Crippen molar-refractivity contribution in [3.05, 3.63) is 48.4 Å². The molecular weight excluding hydrogens is 218 g/mol. The quantitative estimate of drug-likeness (QED) is 0.870. The lowest BCUT2D eigenvalue weighted by atomic mass is 10.2. The first kappa shape index (κ1) is 11.1. The molecule has 0 atom stereocenters. The molecule has 1 amide bonds. The summed E-state index contributed by atoms with van der Waals surface area (Å²) in [5.74, 6) is 0.261. The molecule has 0 aliphatic rings. The van der Waals surface area contributed by atoms with E-state index in [1.165, 1.54) is 13.3 Å². The second-order valence-electron chi connectivity index (χ2n) is 3.28. The second-order valence-corrected chi connectivity index (χ2v) is 3.28. The molecule has 0 bridgehead atoms. The van der Waals surface area contributed by atoms with Crippen LogP contribution in [-0.2, 0) is 0 Å². The van der Waals surface area contributed by atoms with Gasteiger partial charge < -0.3 is 10.1 Å². The Balaban J connectivity index is 2.09. The lowest BCUT2D eigenvalue weighted by Crippen LogP contribution is -2.12. The average molecular weight is 229 g/mol. The first-order valence-corrected chi connectivity index (χ1v) is 5.01. The molecule has 0 radical (unpaired) electrons. The number of anilines is 1. The predicted octanol–water partition coefficient (Wildman–Crippen LogP) is 1.74. The number of carbonyl (C=O) groups excluding carboxylic acids is 1. The van der Waals surface area contributed by atoms with E-state index in [1.807, 2.05) is 0 Å². The zero-order valence-corrected chi connectivity index (χ0v) is 9.25. The van der Waals surface area contributed by atoms with Crippen molar-refractivity contribution >= 4 is 11.6 Å². The van der Waals surface area contributed by atoms with Crippen LogP contribution in [0, 0.1) is 0 Å². The van der Waals surface area contributed by atoms with E-state index in [1.54, 1.807) is 36.7 Å². The molecule has 0 unspecified atom stereocenters. The topological polar surface area (TPSA) is 64.1 Å². The Bertz CT molecular complexity index is 497. The highest BCUT2D eigenvalue weighted by molar-refractivity contribution is 6.03. The summed E-state index contributed by atoms with van der Waals surface area (Å²) in [5.41, 5.74) is 1.17. The van der Waals surface area contributed by atoms with Crippen LogP contribution >= 0.6 is 0 Å². The van der Waals surface area contributed by atoms with E-state index >= 15 is 0 Å². The van der Waals surface area contributed by atoms with Gasteiger partial charge in [0.15, 0.2) is 0 Å². The number of ether oxygens (including phenoxy) is 1. The van der Waals surface area contributed by atoms with Crippen molar-refractivity contribution < 1.29 is 9.53 Å². The Hall–Kier alpha value is -2.43. The van der Waals surface area contributed by atoms with Crippen molar-refractivity contribution in [3.63, 3.8) is 0 Å². The van der Waals surface area contributed by atoms with Gasteiger partial charge in [0.1, 0.15) is 0 Å². The SMILES string of the molecule is COc1ccc(C(=O)Nc2ccncc2)cn1. The second kappa shape index (κ2) is 5.07. The van der Waals surface area contributed by atoms with Gasteiger partial charge in [0.05, 0.1) is 12.7 Å². The first-order chi connectivity index (χ1) is 8.29. The molecule has 17 heavy (non-hydrogen) atoms. The number of nitrogens with zero attached hydrogens (tertiary/aromatic N) is 2. The molecule has 0 saturated heterocycles. The number of nitrogens with one attached hydrogen (secondary N) is 1. The minimum Gasteiger partial charge on any atom is -0.481 e. The third kappa shape index (κ3) is 2.78. The van der Waals surface area contributed by atoms with E-state index in [0.717, 1.165) is 0 Å². The summed E-state index contributed by atoms with van der Waals surface area (Å²) in [5, 5.41) is 2.74. The van der Waals surface area contributed by atoms with Gasteiger partial charge in [-0.1, -0.05) is 0 Å². The van der Waals surface area contributed by atoms with Gasteiger partial charge in [-0.25, -0.2) is 4.98 Å². The summed E-state index contributed by atoms with van der Waals surface area (Å²) in [6.45, 7) is 0. The fourth-order valence-electron chi connectivity index (χ4n) is 1.27. The minimum atomic E-state index is -0.216. The zero-order chi connectivity index (χ0) is 12.1. The van der Waals surface area contributed by atoms with Gasteiger partial charge in [0.25, 0.3) is 5.91 Å². The lowest BCUT2D eigenvalue weighted by Gasteiger charge is -2.04. The van der Waals surface area contributed by atoms with Crippen LogP contribution in [0.3, 0.4) is 0 Å². The fourth-order valence-corrected chi connectivity index (χ4v) is 1.27. The Labute approximate surface area is 98.5 Å². The molecular formula is C12H11N3O2. The summed E-state index contributed by atoms with van der Waals surface area (Å²) in [6.07, 6.45) is 4.69.